The number of quaternary nitrogens is 1. The molecule has 0 amide bonds. The summed E-state index contributed by atoms with van der Waals surface area (Å²) in [6, 6.07) is 0. The normalized spacial score (nSPS) is 11.6. The topological polar surface area (TPSA) is 3.01 Å². The lowest BCUT2D eigenvalue weighted by Crippen LogP contribution is -2.46. The zero-order valence-corrected chi connectivity index (χ0v) is 12.0. The van der Waals surface area contributed by atoms with Crippen LogP contribution in [0.3, 0.4) is 0 Å². The summed E-state index contributed by atoms with van der Waals surface area (Å²) in [6.07, 6.45) is 6.72. The maximum Gasteiger partial charge on any atom is 0.396 e. The highest BCUT2D eigenvalue weighted by Crippen LogP contribution is 2.09. The van der Waals surface area contributed by atoms with Crippen LogP contribution >= 0.6 is 12.6 Å². The van der Waals surface area contributed by atoms with Crippen molar-refractivity contribution in [3.63, 3.8) is 0 Å². The monoisotopic (exact) mass is 232 g/mol. The quantitative estimate of drug-likeness (QED) is 0.179. The molecule has 0 N–H and O–H groups in total. The van der Waals surface area contributed by atoms with Gasteiger partial charge in [-0.3, -0.25) is 0 Å². The van der Waals surface area contributed by atoms with Gasteiger partial charge < -0.3 is 0 Å². The van der Waals surface area contributed by atoms with Crippen molar-refractivity contribution in [2.45, 2.75) is 39.0 Å². The molecule has 0 radical (unpaired) electrons. The third-order valence-corrected chi connectivity index (χ3v) is 3.70. The largest absolute Gasteiger partial charge is 0.396 e. The van der Waals surface area contributed by atoms with Gasteiger partial charge >= 0.3 is 5.17 Å². The van der Waals surface area contributed by atoms with Crippen LogP contribution in [0.25, 0.3) is 0 Å². The highest BCUT2D eigenvalue weighted by atomic mass is 32.1. The van der Waals surface area contributed by atoms with E-state index in [-0.39, 0.29) is 0 Å². The molecule has 0 atom stereocenters. The van der Waals surface area contributed by atoms with Crippen molar-refractivity contribution in [2.75, 3.05) is 34.7 Å². The third-order valence-electron chi connectivity index (χ3n) is 2.76. The van der Waals surface area contributed by atoms with Gasteiger partial charge in [-0.1, -0.05) is 26.2 Å². The molecule has 0 heterocycles. The van der Waals surface area contributed by atoms with E-state index in [2.05, 4.69) is 52.3 Å². The van der Waals surface area contributed by atoms with E-state index < -0.39 is 0 Å². The first-order valence-electron chi connectivity index (χ1n) is 5.98. The summed E-state index contributed by atoms with van der Waals surface area (Å²) >= 11 is 4.56. The van der Waals surface area contributed by atoms with Crippen LogP contribution in [-0.4, -0.2) is 49.0 Å². The molecule has 0 spiro atoms. The first-order chi connectivity index (χ1) is 6.91. The van der Waals surface area contributed by atoms with Gasteiger partial charge in [0, 0.05) is 0 Å². The molecular formula is C12H28N2S+2. The number of thiol groups is 1. The van der Waals surface area contributed by atoms with E-state index >= 15 is 0 Å². The van der Waals surface area contributed by atoms with Crippen molar-refractivity contribution in [2.24, 2.45) is 0 Å². The predicted octanol–water partition coefficient (Wildman–Crippen LogP) is 2.59. The minimum atomic E-state index is 0.891. The van der Waals surface area contributed by atoms with E-state index in [1.54, 1.807) is 0 Å². The molecule has 0 fully saturated rings. The minimum Gasteiger partial charge on any atom is -0.235 e. The Bertz CT molecular complexity index is 206. The molecule has 0 unspecified atom stereocenters. The van der Waals surface area contributed by atoms with Crippen LogP contribution in [0.4, 0.5) is 0 Å². The van der Waals surface area contributed by atoms with Gasteiger partial charge in [-0.25, -0.2) is 4.48 Å². The van der Waals surface area contributed by atoms with E-state index in [4.69, 9.17) is 0 Å². The molecule has 0 aromatic carbocycles. The fourth-order valence-corrected chi connectivity index (χ4v) is 1.85. The number of hydrogen-bond acceptors (Lipinski definition) is 0. The maximum absolute atomic E-state index is 4.56. The SMILES string of the molecule is CCCCCCC[N+](C)(C)C(S)=[N+](C)C. The van der Waals surface area contributed by atoms with Crippen molar-refractivity contribution in [1.82, 2.24) is 0 Å². The third kappa shape index (κ3) is 6.21. The fraction of sp³-hybridized carbons (Fsp3) is 0.917. The molecule has 0 aromatic rings. The lowest BCUT2D eigenvalue weighted by molar-refractivity contribution is -0.818. The van der Waals surface area contributed by atoms with E-state index in [1.165, 1.54) is 38.6 Å². The zero-order chi connectivity index (χ0) is 11.9. The number of amidine groups is 1. The summed E-state index contributed by atoms with van der Waals surface area (Å²) in [6.45, 7) is 3.44. The Balaban J connectivity index is 3.90. The van der Waals surface area contributed by atoms with Crippen molar-refractivity contribution in [3.05, 3.63) is 0 Å². The Morgan fingerprint density at radius 3 is 2.07 bits per heavy atom. The van der Waals surface area contributed by atoms with Crippen molar-refractivity contribution >= 4 is 17.8 Å². The molecule has 0 saturated heterocycles. The van der Waals surface area contributed by atoms with Crippen LogP contribution in [-0.2, 0) is 0 Å². The van der Waals surface area contributed by atoms with Gasteiger partial charge in [-0.05, 0) is 25.5 Å². The van der Waals surface area contributed by atoms with E-state index in [9.17, 15) is 0 Å². The van der Waals surface area contributed by atoms with Gasteiger partial charge in [0.25, 0.3) is 0 Å². The maximum atomic E-state index is 4.56. The molecule has 0 aliphatic carbocycles. The van der Waals surface area contributed by atoms with Crippen molar-refractivity contribution in [1.29, 1.82) is 0 Å². The van der Waals surface area contributed by atoms with Gasteiger partial charge in [-0.15, -0.1) is 0 Å². The average Bonchev–Trinajstić information content (AvgIpc) is 2.16. The van der Waals surface area contributed by atoms with Crippen molar-refractivity contribution in [3.8, 4) is 0 Å². The fourth-order valence-electron chi connectivity index (χ4n) is 1.75. The Morgan fingerprint density at radius 2 is 1.60 bits per heavy atom. The molecule has 2 nitrogen and oxygen atoms in total. The number of hydrogen-bond donors (Lipinski definition) is 1. The average molecular weight is 232 g/mol. The van der Waals surface area contributed by atoms with Gasteiger partial charge in [0.15, 0.2) is 0 Å². The van der Waals surface area contributed by atoms with E-state index in [1.807, 2.05) is 0 Å². The first-order valence-corrected chi connectivity index (χ1v) is 6.43. The number of unbranched alkanes of at least 4 members (excludes halogenated alkanes) is 4. The molecular weight excluding hydrogens is 204 g/mol. The molecule has 0 aromatic heterocycles. The molecule has 15 heavy (non-hydrogen) atoms. The van der Waals surface area contributed by atoms with E-state index in [0.717, 1.165) is 9.65 Å². The summed E-state index contributed by atoms with van der Waals surface area (Å²) in [5.41, 5.74) is 0. The molecule has 0 aliphatic heterocycles. The number of rotatable bonds is 6. The highest BCUT2D eigenvalue weighted by molar-refractivity contribution is 7.96. The smallest absolute Gasteiger partial charge is 0.235 e. The van der Waals surface area contributed by atoms with Crippen LogP contribution in [0.1, 0.15) is 39.0 Å². The van der Waals surface area contributed by atoms with Gasteiger partial charge in [0.05, 0.1) is 20.6 Å². The lowest BCUT2D eigenvalue weighted by Gasteiger charge is -2.24. The summed E-state index contributed by atoms with van der Waals surface area (Å²) in [4.78, 5) is 0. The van der Waals surface area contributed by atoms with Gasteiger partial charge in [0.2, 0.25) is 0 Å². The van der Waals surface area contributed by atoms with Gasteiger partial charge in [-0.2, -0.15) is 4.58 Å². The lowest BCUT2D eigenvalue weighted by atomic mass is 10.1. The van der Waals surface area contributed by atoms with Gasteiger partial charge in [0.1, 0.15) is 14.1 Å². The summed E-state index contributed by atoms with van der Waals surface area (Å²) in [7, 11) is 8.56. The van der Waals surface area contributed by atoms with E-state index in [0.29, 0.717) is 0 Å². The molecule has 90 valence electrons. The van der Waals surface area contributed by atoms with Crippen LogP contribution < -0.4 is 0 Å². The Morgan fingerprint density at radius 1 is 1.07 bits per heavy atom. The molecule has 3 heteroatoms. The molecule has 0 saturated carbocycles. The second-order valence-electron chi connectivity index (χ2n) is 5.02. The minimum absolute atomic E-state index is 0.891. The van der Waals surface area contributed by atoms with Crippen LogP contribution in [0, 0.1) is 0 Å². The van der Waals surface area contributed by atoms with Crippen LogP contribution in [0.5, 0.6) is 0 Å². The molecule has 0 aliphatic rings. The summed E-state index contributed by atoms with van der Waals surface area (Å²) in [5, 5.41) is 1.13. The molecule has 0 rings (SSSR count). The Kier molecular flexibility index (Phi) is 7.28. The zero-order valence-electron chi connectivity index (χ0n) is 11.1. The second kappa shape index (κ2) is 7.29. The Labute approximate surface area is 101 Å². The predicted molar refractivity (Wildman–Crippen MR) is 71.8 cm³/mol. The van der Waals surface area contributed by atoms with Crippen LogP contribution in [0.2, 0.25) is 0 Å². The summed E-state index contributed by atoms with van der Waals surface area (Å²) in [5.74, 6) is 0. The standard InChI is InChI=1S/C12H27N2S/c1-6-7-8-9-10-11-14(4,5)12(15)13(2)3/h6-11H2,1-5H3/q+1/p+1. The second-order valence-corrected chi connectivity index (χ2v) is 5.42. The summed E-state index contributed by atoms with van der Waals surface area (Å²) < 4.78 is 2.98. The van der Waals surface area contributed by atoms with Crippen LogP contribution in [0.15, 0.2) is 0 Å². The molecule has 0 bridgehead atoms. The number of nitrogens with zero attached hydrogens (tertiary/aromatic N) is 2. The van der Waals surface area contributed by atoms with Crippen molar-refractivity contribution < 1.29 is 9.06 Å². The Hall–Kier alpha value is -0.0200. The highest BCUT2D eigenvalue weighted by Gasteiger charge is 2.26. The first kappa shape index (κ1) is 15.0.